The number of carbonyl (C=O) groups excluding carboxylic acids is 1. The summed E-state index contributed by atoms with van der Waals surface area (Å²) < 4.78 is 22.1. The minimum Gasteiger partial charge on any atom is -0.496 e. The van der Waals surface area contributed by atoms with E-state index < -0.39 is 4.92 Å². The highest BCUT2D eigenvalue weighted by Gasteiger charge is 2.16. The molecule has 4 rings (SSSR count). The normalized spacial score (nSPS) is 12.4. The smallest absolute Gasteiger partial charge is 0.310 e. The standard InChI is InChI=1S/C25H21NO7/c1-30-22-10-7-17(14-19(22)16-33-23-5-3-2-4-20(23)26(28)29)6-9-21(27)18-8-11-24-25(15-18)32-13-12-31-24/h2-11,14-15H,12-13,16H2,1H3/b9-6+. The molecule has 0 saturated carbocycles. The van der Waals surface area contributed by atoms with Crippen LogP contribution in [0.15, 0.2) is 66.7 Å². The van der Waals surface area contributed by atoms with E-state index in [4.69, 9.17) is 18.9 Å². The van der Waals surface area contributed by atoms with Crippen LogP contribution in [0.3, 0.4) is 0 Å². The van der Waals surface area contributed by atoms with Gasteiger partial charge in [0.25, 0.3) is 0 Å². The van der Waals surface area contributed by atoms with Crippen LogP contribution in [-0.4, -0.2) is 31.0 Å². The molecule has 0 aliphatic carbocycles. The van der Waals surface area contributed by atoms with E-state index in [1.807, 2.05) is 0 Å². The topological polar surface area (TPSA) is 97.1 Å². The number of nitro benzene ring substituents is 1. The molecule has 0 radical (unpaired) electrons. The van der Waals surface area contributed by atoms with Crippen molar-refractivity contribution in [3.05, 3.63) is 93.5 Å². The monoisotopic (exact) mass is 447 g/mol. The molecule has 0 atom stereocenters. The lowest BCUT2D eigenvalue weighted by Crippen LogP contribution is -2.15. The molecule has 3 aromatic rings. The quantitative estimate of drug-likeness (QED) is 0.211. The molecule has 0 aromatic heterocycles. The number of methoxy groups -OCH3 is 1. The van der Waals surface area contributed by atoms with E-state index in [1.54, 1.807) is 60.7 Å². The highest BCUT2D eigenvalue weighted by atomic mass is 16.6. The zero-order chi connectivity index (χ0) is 23.2. The van der Waals surface area contributed by atoms with Gasteiger partial charge in [-0.2, -0.15) is 0 Å². The van der Waals surface area contributed by atoms with E-state index in [-0.39, 0.29) is 23.8 Å². The van der Waals surface area contributed by atoms with Crippen molar-refractivity contribution in [2.24, 2.45) is 0 Å². The average molecular weight is 447 g/mol. The molecule has 0 amide bonds. The first-order valence-electron chi connectivity index (χ1n) is 10.2. The predicted octanol–water partition coefficient (Wildman–Crippen LogP) is 4.85. The van der Waals surface area contributed by atoms with Gasteiger partial charge >= 0.3 is 5.69 Å². The third-order valence-electron chi connectivity index (χ3n) is 5.00. The summed E-state index contributed by atoms with van der Waals surface area (Å²) in [5.41, 5.74) is 1.81. The van der Waals surface area contributed by atoms with Gasteiger partial charge < -0.3 is 18.9 Å². The fourth-order valence-electron chi connectivity index (χ4n) is 3.37. The summed E-state index contributed by atoms with van der Waals surface area (Å²) in [6.07, 6.45) is 3.16. The van der Waals surface area contributed by atoms with E-state index in [9.17, 15) is 14.9 Å². The maximum atomic E-state index is 12.6. The molecule has 0 N–H and O–H groups in total. The number of carbonyl (C=O) groups is 1. The van der Waals surface area contributed by atoms with E-state index in [2.05, 4.69) is 0 Å². The van der Waals surface area contributed by atoms with Crippen molar-refractivity contribution in [2.45, 2.75) is 6.61 Å². The van der Waals surface area contributed by atoms with Gasteiger partial charge in [-0.1, -0.05) is 24.3 Å². The Bertz CT molecular complexity index is 1220. The third kappa shape index (κ3) is 5.12. The molecule has 8 nitrogen and oxygen atoms in total. The van der Waals surface area contributed by atoms with Gasteiger partial charge in [0.2, 0.25) is 0 Å². The van der Waals surface area contributed by atoms with Crippen molar-refractivity contribution in [3.63, 3.8) is 0 Å². The maximum Gasteiger partial charge on any atom is 0.310 e. The molecule has 1 aliphatic rings. The molecular weight excluding hydrogens is 426 g/mol. The first kappa shape index (κ1) is 21.9. The molecule has 33 heavy (non-hydrogen) atoms. The molecule has 168 valence electrons. The van der Waals surface area contributed by atoms with Crippen LogP contribution >= 0.6 is 0 Å². The predicted molar refractivity (Wildman–Crippen MR) is 121 cm³/mol. The molecule has 0 unspecified atom stereocenters. The lowest BCUT2D eigenvalue weighted by Gasteiger charge is -2.18. The first-order valence-corrected chi connectivity index (χ1v) is 10.2. The number of rotatable bonds is 8. The van der Waals surface area contributed by atoms with Crippen LogP contribution in [0.1, 0.15) is 21.5 Å². The van der Waals surface area contributed by atoms with Crippen molar-refractivity contribution in [2.75, 3.05) is 20.3 Å². The molecule has 0 saturated heterocycles. The fraction of sp³-hybridized carbons (Fsp3) is 0.160. The highest BCUT2D eigenvalue weighted by Crippen LogP contribution is 2.31. The minimum atomic E-state index is -0.491. The molecule has 0 fully saturated rings. The van der Waals surface area contributed by atoms with Crippen LogP contribution < -0.4 is 18.9 Å². The number of benzene rings is 3. The van der Waals surface area contributed by atoms with Crippen molar-refractivity contribution in [3.8, 4) is 23.0 Å². The number of ether oxygens (including phenoxy) is 4. The van der Waals surface area contributed by atoms with Crippen LogP contribution in [0.25, 0.3) is 6.08 Å². The SMILES string of the molecule is COc1ccc(/C=C/C(=O)c2ccc3c(c2)OCCO3)cc1COc1ccccc1[N+](=O)[O-]. The summed E-state index contributed by atoms with van der Waals surface area (Å²) in [5, 5.41) is 11.2. The second-order valence-electron chi connectivity index (χ2n) is 7.14. The summed E-state index contributed by atoms with van der Waals surface area (Å²) in [5.74, 6) is 1.74. The number of ketones is 1. The summed E-state index contributed by atoms with van der Waals surface area (Å²) in [6.45, 7) is 0.996. The van der Waals surface area contributed by atoms with E-state index >= 15 is 0 Å². The van der Waals surface area contributed by atoms with E-state index in [0.717, 1.165) is 5.56 Å². The van der Waals surface area contributed by atoms with Crippen LogP contribution in [0.2, 0.25) is 0 Å². The number of fused-ring (bicyclic) bond motifs is 1. The van der Waals surface area contributed by atoms with Crippen LogP contribution in [0.5, 0.6) is 23.0 Å². The van der Waals surface area contributed by atoms with Crippen molar-refractivity contribution < 1.29 is 28.7 Å². The minimum absolute atomic E-state index is 0.0613. The molecular formula is C25H21NO7. The summed E-state index contributed by atoms with van der Waals surface area (Å²) in [4.78, 5) is 23.3. The Hall–Kier alpha value is -4.33. The van der Waals surface area contributed by atoms with Crippen LogP contribution in [0, 0.1) is 10.1 Å². The Morgan fingerprint density at radius 1 is 1.03 bits per heavy atom. The highest BCUT2D eigenvalue weighted by molar-refractivity contribution is 6.07. The number of nitrogens with zero attached hydrogens (tertiary/aromatic N) is 1. The fourth-order valence-corrected chi connectivity index (χ4v) is 3.37. The maximum absolute atomic E-state index is 12.6. The van der Waals surface area contributed by atoms with Gasteiger partial charge in [-0.3, -0.25) is 14.9 Å². The number of para-hydroxylation sites is 2. The summed E-state index contributed by atoms with van der Waals surface area (Å²) >= 11 is 0. The summed E-state index contributed by atoms with van der Waals surface area (Å²) in [6, 6.07) is 16.6. The molecule has 8 heteroatoms. The Labute approximate surface area is 190 Å². The zero-order valence-electron chi connectivity index (χ0n) is 17.9. The van der Waals surface area contributed by atoms with Crippen molar-refractivity contribution >= 4 is 17.5 Å². The van der Waals surface area contributed by atoms with Gasteiger partial charge in [0.15, 0.2) is 23.0 Å². The number of nitro groups is 1. The number of allylic oxidation sites excluding steroid dienone is 1. The average Bonchev–Trinajstić information content (AvgIpc) is 2.85. The Morgan fingerprint density at radius 2 is 1.82 bits per heavy atom. The van der Waals surface area contributed by atoms with Crippen LogP contribution in [-0.2, 0) is 6.61 Å². The largest absolute Gasteiger partial charge is 0.496 e. The van der Waals surface area contributed by atoms with Crippen molar-refractivity contribution in [1.82, 2.24) is 0 Å². The molecule has 3 aromatic carbocycles. The first-order chi connectivity index (χ1) is 16.0. The number of hydrogen-bond acceptors (Lipinski definition) is 7. The van der Waals surface area contributed by atoms with Gasteiger partial charge in [0.1, 0.15) is 25.6 Å². The number of hydrogen-bond donors (Lipinski definition) is 0. The lowest BCUT2D eigenvalue weighted by molar-refractivity contribution is -0.385. The molecule has 1 aliphatic heterocycles. The second-order valence-corrected chi connectivity index (χ2v) is 7.14. The van der Waals surface area contributed by atoms with Gasteiger partial charge in [0, 0.05) is 17.2 Å². The lowest BCUT2D eigenvalue weighted by atomic mass is 10.1. The Kier molecular flexibility index (Phi) is 6.54. The molecule has 0 spiro atoms. The Morgan fingerprint density at radius 3 is 2.61 bits per heavy atom. The second kappa shape index (κ2) is 9.86. The van der Waals surface area contributed by atoms with Gasteiger partial charge in [-0.25, -0.2) is 0 Å². The van der Waals surface area contributed by atoms with Gasteiger partial charge in [0.05, 0.1) is 12.0 Å². The molecule has 1 heterocycles. The van der Waals surface area contributed by atoms with E-state index in [0.29, 0.717) is 41.6 Å². The zero-order valence-corrected chi connectivity index (χ0v) is 17.9. The third-order valence-corrected chi connectivity index (χ3v) is 5.00. The summed E-state index contributed by atoms with van der Waals surface area (Å²) in [7, 11) is 1.53. The Balaban J connectivity index is 1.50. The van der Waals surface area contributed by atoms with Gasteiger partial charge in [-0.05, 0) is 48.0 Å². The van der Waals surface area contributed by atoms with Crippen molar-refractivity contribution in [1.29, 1.82) is 0 Å². The van der Waals surface area contributed by atoms with Gasteiger partial charge in [-0.15, -0.1) is 0 Å². The van der Waals surface area contributed by atoms with E-state index in [1.165, 1.54) is 19.3 Å². The molecule has 0 bridgehead atoms. The van der Waals surface area contributed by atoms with Crippen LogP contribution in [0.4, 0.5) is 5.69 Å².